The number of carbonyl (C=O) groups excluding carboxylic acids is 2. The molecule has 0 radical (unpaired) electrons. The zero-order valence-corrected chi connectivity index (χ0v) is 17.2. The molecule has 0 aliphatic carbocycles. The van der Waals surface area contributed by atoms with Crippen molar-refractivity contribution in [2.75, 3.05) is 0 Å². The molecule has 1 atom stereocenters. The molecule has 1 unspecified atom stereocenters. The molecule has 0 saturated carbocycles. The topological polar surface area (TPSA) is 67.6 Å². The van der Waals surface area contributed by atoms with Crippen molar-refractivity contribution in [1.29, 1.82) is 0 Å². The van der Waals surface area contributed by atoms with E-state index < -0.39 is 17.9 Å². The summed E-state index contributed by atoms with van der Waals surface area (Å²) >= 11 is 6.31. The minimum absolute atomic E-state index is 0.237. The smallest absolute Gasteiger partial charge is 0.262 e. The fourth-order valence-electron chi connectivity index (χ4n) is 4.07. The van der Waals surface area contributed by atoms with E-state index in [1.807, 2.05) is 18.2 Å². The van der Waals surface area contributed by atoms with Crippen molar-refractivity contribution in [3.05, 3.63) is 105 Å². The average molecular weight is 430 g/mol. The van der Waals surface area contributed by atoms with Crippen molar-refractivity contribution in [3.8, 4) is 11.1 Å². The van der Waals surface area contributed by atoms with Crippen molar-refractivity contribution < 1.29 is 14.0 Å². The second-order valence-electron chi connectivity index (χ2n) is 7.35. The van der Waals surface area contributed by atoms with Gasteiger partial charge in [0.15, 0.2) is 0 Å². The number of amides is 2. The molecule has 1 aromatic heterocycles. The van der Waals surface area contributed by atoms with Gasteiger partial charge >= 0.3 is 0 Å². The lowest BCUT2D eigenvalue weighted by Gasteiger charge is -2.24. The Balaban J connectivity index is 1.76. The maximum absolute atomic E-state index is 13.5. The molecule has 5 nitrogen and oxygen atoms in total. The molecule has 1 aliphatic heterocycles. The van der Waals surface area contributed by atoms with E-state index in [-0.39, 0.29) is 27.2 Å². The number of carbonyl (C=O) groups is 2. The Hall–Kier alpha value is -3.70. The third kappa shape index (κ3) is 2.89. The molecule has 31 heavy (non-hydrogen) atoms. The van der Waals surface area contributed by atoms with Crippen LogP contribution in [0, 0.1) is 0 Å². The van der Waals surface area contributed by atoms with Gasteiger partial charge < -0.3 is 4.42 Å². The van der Waals surface area contributed by atoms with Gasteiger partial charge in [0.1, 0.15) is 11.3 Å². The van der Waals surface area contributed by atoms with Gasteiger partial charge in [0.25, 0.3) is 11.8 Å². The predicted molar refractivity (Wildman–Crippen MR) is 118 cm³/mol. The van der Waals surface area contributed by atoms with Crippen molar-refractivity contribution in [2.45, 2.75) is 13.0 Å². The Morgan fingerprint density at radius 1 is 0.806 bits per heavy atom. The van der Waals surface area contributed by atoms with Crippen LogP contribution in [0.5, 0.6) is 0 Å². The van der Waals surface area contributed by atoms with Crippen LogP contribution in [0.4, 0.5) is 0 Å². The van der Waals surface area contributed by atoms with Crippen LogP contribution in [0.25, 0.3) is 22.1 Å². The van der Waals surface area contributed by atoms with Gasteiger partial charge in [-0.05, 0) is 36.8 Å². The van der Waals surface area contributed by atoms with Crippen LogP contribution < -0.4 is 5.43 Å². The third-order valence-corrected chi connectivity index (χ3v) is 5.87. The Kier molecular flexibility index (Phi) is 4.49. The highest BCUT2D eigenvalue weighted by Gasteiger charge is 2.40. The van der Waals surface area contributed by atoms with Gasteiger partial charge in [-0.1, -0.05) is 60.1 Å². The highest BCUT2D eigenvalue weighted by Crippen LogP contribution is 2.37. The van der Waals surface area contributed by atoms with E-state index in [0.717, 1.165) is 4.90 Å². The van der Waals surface area contributed by atoms with Gasteiger partial charge in [-0.3, -0.25) is 19.3 Å². The number of hydrogen-bond acceptors (Lipinski definition) is 4. The van der Waals surface area contributed by atoms with Gasteiger partial charge in [-0.25, -0.2) is 0 Å². The summed E-state index contributed by atoms with van der Waals surface area (Å²) in [5.74, 6) is -0.595. The van der Waals surface area contributed by atoms with Gasteiger partial charge in [-0.2, -0.15) is 0 Å². The average Bonchev–Trinajstić information content (AvgIpc) is 3.04. The lowest BCUT2D eigenvalue weighted by molar-refractivity contribution is 0.0579. The molecule has 5 rings (SSSR count). The predicted octanol–water partition coefficient (Wildman–Crippen LogP) is 5.47. The first-order valence-corrected chi connectivity index (χ1v) is 10.1. The van der Waals surface area contributed by atoms with Crippen LogP contribution in [0.15, 0.2) is 82.0 Å². The Labute approximate surface area is 182 Å². The normalized spacial score (nSPS) is 14.2. The largest absolute Gasteiger partial charge is 0.458 e. The molecule has 6 heteroatoms. The van der Waals surface area contributed by atoms with E-state index in [4.69, 9.17) is 16.0 Å². The van der Waals surface area contributed by atoms with Gasteiger partial charge in [0, 0.05) is 0 Å². The van der Waals surface area contributed by atoms with Gasteiger partial charge in [-0.15, -0.1) is 0 Å². The van der Waals surface area contributed by atoms with Gasteiger partial charge in [0.2, 0.25) is 5.43 Å². The molecule has 4 aromatic rings. The van der Waals surface area contributed by atoms with Crippen molar-refractivity contribution >= 4 is 34.4 Å². The summed E-state index contributed by atoms with van der Waals surface area (Å²) in [4.78, 5) is 40.8. The molecule has 152 valence electrons. The van der Waals surface area contributed by atoms with E-state index in [1.54, 1.807) is 61.5 Å². The summed E-state index contributed by atoms with van der Waals surface area (Å²) in [6, 6.07) is 19.9. The molecule has 3 aromatic carbocycles. The second kappa shape index (κ2) is 7.22. The molecular weight excluding hydrogens is 414 g/mol. The summed E-state index contributed by atoms with van der Waals surface area (Å²) < 4.78 is 6.15. The number of halogens is 1. The second-order valence-corrected chi connectivity index (χ2v) is 7.76. The van der Waals surface area contributed by atoms with E-state index in [2.05, 4.69) is 0 Å². The summed E-state index contributed by atoms with van der Waals surface area (Å²) in [6.45, 7) is 1.68. The molecule has 0 fully saturated rings. The number of nitrogens with zero attached hydrogens (tertiary/aromatic N) is 1. The maximum atomic E-state index is 13.5. The van der Waals surface area contributed by atoms with Crippen LogP contribution in [-0.2, 0) is 0 Å². The minimum atomic E-state index is -0.807. The van der Waals surface area contributed by atoms with Crippen LogP contribution in [0.3, 0.4) is 0 Å². The lowest BCUT2D eigenvalue weighted by Crippen LogP contribution is -2.33. The molecule has 2 heterocycles. The molecule has 2 amide bonds. The highest BCUT2D eigenvalue weighted by molar-refractivity contribution is 6.35. The fourth-order valence-corrected chi connectivity index (χ4v) is 4.32. The Bertz CT molecular complexity index is 1390. The van der Waals surface area contributed by atoms with E-state index in [9.17, 15) is 14.4 Å². The fraction of sp³-hybridized carbons (Fsp3) is 0.0800. The van der Waals surface area contributed by atoms with Crippen LogP contribution in [-0.4, -0.2) is 16.7 Å². The van der Waals surface area contributed by atoms with Crippen LogP contribution in [0.1, 0.15) is 39.4 Å². The monoisotopic (exact) mass is 429 g/mol. The number of benzene rings is 3. The molecular formula is C25H16ClNO4. The summed E-state index contributed by atoms with van der Waals surface area (Å²) in [6.07, 6.45) is 0. The molecule has 0 bridgehead atoms. The van der Waals surface area contributed by atoms with Gasteiger partial charge in [0.05, 0.1) is 33.1 Å². The molecule has 0 spiro atoms. The number of fused-ring (bicyclic) bond motifs is 2. The molecule has 0 saturated heterocycles. The van der Waals surface area contributed by atoms with Crippen LogP contribution >= 0.6 is 11.6 Å². The first kappa shape index (κ1) is 19.3. The Morgan fingerprint density at radius 3 is 2.06 bits per heavy atom. The number of hydrogen-bond donors (Lipinski definition) is 0. The summed E-state index contributed by atoms with van der Waals surface area (Å²) in [5, 5.41) is 0.546. The first-order chi connectivity index (χ1) is 15.0. The zero-order valence-electron chi connectivity index (χ0n) is 16.5. The SMILES string of the molecule is CC(c1oc2cccc(Cl)c2c(=O)c1-c1ccccc1)N1C(=O)c2ccccc2C1=O. The maximum Gasteiger partial charge on any atom is 0.262 e. The highest BCUT2D eigenvalue weighted by atomic mass is 35.5. The van der Waals surface area contributed by atoms with Crippen molar-refractivity contribution in [1.82, 2.24) is 4.90 Å². The van der Waals surface area contributed by atoms with Crippen molar-refractivity contribution in [3.63, 3.8) is 0 Å². The third-order valence-electron chi connectivity index (χ3n) is 5.55. The van der Waals surface area contributed by atoms with E-state index >= 15 is 0 Å². The Morgan fingerprint density at radius 2 is 1.42 bits per heavy atom. The molecule has 1 aliphatic rings. The number of rotatable bonds is 3. The quantitative estimate of drug-likeness (QED) is 0.405. The lowest BCUT2D eigenvalue weighted by atomic mass is 9.98. The first-order valence-electron chi connectivity index (χ1n) is 9.76. The van der Waals surface area contributed by atoms with E-state index in [1.165, 1.54) is 0 Å². The van der Waals surface area contributed by atoms with E-state index in [0.29, 0.717) is 22.3 Å². The minimum Gasteiger partial charge on any atom is -0.458 e. The zero-order chi connectivity index (χ0) is 21.7. The van der Waals surface area contributed by atoms with Crippen LogP contribution in [0.2, 0.25) is 5.02 Å². The summed E-state index contributed by atoms with van der Waals surface area (Å²) in [7, 11) is 0. The van der Waals surface area contributed by atoms with Crippen molar-refractivity contribution in [2.24, 2.45) is 0 Å². The molecule has 0 N–H and O–H groups in total. The summed E-state index contributed by atoms with van der Waals surface area (Å²) in [5.41, 5.74) is 1.58. The standard InChI is InChI=1S/C25H16ClNO4/c1-14(27-24(29)16-10-5-6-11-17(16)25(27)30)23-20(15-8-3-2-4-9-15)22(28)21-18(26)12-7-13-19(21)31-23/h2-14H,1H3. The number of imide groups is 1.